The van der Waals surface area contributed by atoms with Gasteiger partial charge in [0.15, 0.2) is 0 Å². The first kappa shape index (κ1) is 21.0. The van der Waals surface area contributed by atoms with Gasteiger partial charge in [-0.3, -0.25) is 9.59 Å². The SMILES string of the molecule is CC(C)C(=O)n1ncc2c(S(N)(=O)=O)cc(NC(=O)Cc3ccccc3Cl)cc21. The number of hydrogen-bond acceptors (Lipinski definition) is 5. The summed E-state index contributed by atoms with van der Waals surface area (Å²) >= 11 is 6.08. The van der Waals surface area contributed by atoms with Crippen LogP contribution >= 0.6 is 11.6 Å². The summed E-state index contributed by atoms with van der Waals surface area (Å²) in [6.45, 7) is 3.40. The first-order chi connectivity index (χ1) is 13.6. The Morgan fingerprint density at radius 3 is 2.55 bits per heavy atom. The van der Waals surface area contributed by atoms with E-state index in [2.05, 4.69) is 10.4 Å². The van der Waals surface area contributed by atoms with Crippen LogP contribution in [0.15, 0.2) is 47.5 Å². The lowest BCUT2D eigenvalue weighted by molar-refractivity contribution is -0.115. The molecule has 0 bridgehead atoms. The molecule has 2 aromatic carbocycles. The average molecular weight is 435 g/mol. The van der Waals surface area contributed by atoms with E-state index < -0.39 is 15.9 Å². The maximum absolute atomic E-state index is 12.5. The number of aromatic nitrogens is 2. The third kappa shape index (κ3) is 4.47. The molecule has 0 saturated carbocycles. The molecule has 0 saturated heterocycles. The maximum atomic E-state index is 12.5. The molecule has 0 aliphatic heterocycles. The quantitative estimate of drug-likeness (QED) is 0.638. The van der Waals surface area contributed by atoms with E-state index in [1.807, 2.05) is 0 Å². The van der Waals surface area contributed by atoms with Crippen molar-refractivity contribution in [1.82, 2.24) is 9.78 Å². The number of halogens is 1. The molecule has 8 nitrogen and oxygen atoms in total. The molecule has 1 aromatic heterocycles. The number of amides is 1. The Hall–Kier alpha value is -2.75. The second-order valence-electron chi connectivity index (χ2n) is 6.82. The smallest absolute Gasteiger partial charge is 0.249 e. The van der Waals surface area contributed by atoms with E-state index in [9.17, 15) is 18.0 Å². The van der Waals surface area contributed by atoms with Crippen LogP contribution in [0.1, 0.15) is 24.2 Å². The highest BCUT2D eigenvalue weighted by atomic mass is 35.5. The van der Waals surface area contributed by atoms with Crippen molar-refractivity contribution in [2.45, 2.75) is 25.2 Å². The van der Waals surface area contributed by atoms with E-state index in [4.69, 9.17) is 16.7 Å². The fourth-order valence-electron chi connectivity index (χ4n) is 2.84. The Morgan fingerprint density at radius 1 is 1.24 bits per heavy atom. The van der Waals surface area contributed by atoms with Crippen molar-refractivity contribution in [1.29, 1.82) is 0 Å². The number of nitrogens with two attached hydrogens (primary N) is 1. The first-order valence-corrected chi connectivity index (χ1v) is 10.6. The topological polar surface area (TPSA) is 124 Å². The van der Waals surface area contributed by atoms with Crippen LogP contribution in [0.3, 0.4) is 0 Å². The molecule has 10 heteroatoms. The monoisotopic (exact) mass is 434 g/mol. The van der Waals surface area contributed by atoms with Crippen molar-refractivity contribution >= 4 is 50.0 Å². The van der Waals surface area contributed by atoms with E-state index >= 15 is 0 Å². The van der Waals surface area contributed by atoms with Gasteiger partial charge in [0.05, 0.1) is 23.0 Å². The molecule has 0 aliphatic rings. The number of anilines is 1. The summed E-state index contributed by atoms with van der Waals surface area (Å²) < 4.78 is 25.2. The van der Waals surface area contributed by atoms with Gasteiger partial charge in [-0.1, -0.05) is 43.6 Å². The number of primary sulfonamides is 1. The summed E-state index contributed by atoms with van der Waals surface area (Å²) in [7, 11) is -4.12. The van der Waals surface area contributed by atoms with Gasteiger partial charge < -0.3 is 5.32 Å². The lowest BCUT2D eigenvalue weighted by atomic mass is 10.1. The maximum Gasteiger partial charge on any atom is 0.249 e. The van der Waals surface area contributed by atoms with Crippen molar-refractivity contribution in [3.05, 3.63) is 53.2 Å². The fraction of sp³-hybridized carbons (Fsp3) is 0.211. The molecule has 0 fully saturated rings. The molecule has 1 heterocycles. The van der Waals surface area contributed by atoms with Crippen LogP contribution in [0.4, 0.5) is 5.69 Å². The lowest BCUT2D eigenvalue weighted by Crippen LogP contribution is -2.19. The Bertz CT molecular complexity index is 1220. The molecule has 0 aliphatic carbocycles. The fourth-order valence-corrected chi connectivity index (χ4v) is 3.80. The van der Waals surface area contributed by atoms with Crippen molar-refractivity contribution in [2.24, 2.45) is 11.1 Å². The van der Waals surface area contributed by atoms with Gasteiger partial charge in [0.2, 0.25) is 21.8 Å². The van der Waals surface area contributed by atoms with E-state index in [0.717, 1.165) is 4.68 Å². The number of carbonyl (C=O) groups is 2. The normalized spacial score (nSPS) is 11.8. The van der Waals surface area contributed by atoms with Crippen molar-refractivity contribution in [3.8, 4) is 0 Å². The summed E-state index contributed by atoms with van der Waals surface area (Å²) in [4.78, 5) is 24.6. The minimum absolute atomic E-state index is 0.00734. The Morgan fingerprint density at radius 2 is 1.93 bits per heavy atom. The zero-order valence-electron chi connectivity index (χ0n) is 15.7. The number of rotatable bonds is 5. The van der Waals surface area contributed by atoms with Gasteiger partial charge in [0, 0.05) is 22.0 Å². The Kier molecular flexibility index (Phi) is 5.74. The molecule has 3 aromatic rings. The standard InChI is InChI=1S/C19H19ClN4O4S/c1-11(2)19(26)24-16-8-13(9-17(29(21,27)28)14(16)10-22-24)23-18(25)7-12-5-3-4-6-15(12)20/h3-6,8-11H,7H2,1-2H3,(H,23,25)(H2,21,27,28). The van der Waals surface area contributed by atoms with Crippen LogP contribution in [-0.2, 0) is 21.2 Å². The number of nitrogens with zero attached hydrogens (tertiary/aromatic N) is 2. The largest absolute Gasteiger partial charge is 0.326 e. The highest BCUT2D eigenvalue weighted by molar-refractivity contribution is 7.89. The predicted octanol–water partition coefficient (Wildman–Crippen LogP) is 2.81. The molecule has 3 rings (SSSR count). The van der Waals surface area contributed by atoms with Gasteiger partial charge in [-0.25, -0.2) is 13.6 Å². The highest BCUT2D eigenvalue weighted by Crippen LogP contribution is 2.28. The number of benzene rings is 2. The van der Waals surface area contributed by atoms with Gasteiger partial charge >= 0.3 is 0 Å². The van der Waals surface area contributed by atoms with Gasteiger partial charge in [-0.15, -0.1) is 0 Å². The van der Waals surface area contributed by atoms with Crippen LogP contribution in [0.5, 0.6) is 0 Å². The molecule has 0 atom stereocenters. The van der Waals surface area contributed by atoms with Gasteiger partial charge in [0.25, 0.3) is 0 Å². The highest BCUT2D eigenvalue weighted by Gasteiger charge is 2.21. The minimum atomic E-state index is -4.12. The summed E-state index contributed by atoms with van der Waals surface area (Å²) in [6.07, 6.45) is 1.26. The van der Waals surface area contributed by atoms with E-state index in [1.165, 1.54) is 18.3 Å². The molecular weight excluding hydrogens is 416 g/mol. The Labute approximate surface area is 172 Å². The van der Waals surface area contributed by atoms with E-state index in [0.29, 0.717) is 10.6 Å². The summed E-state index contributed by atoms with van der Waals surface area (Å²) in [6, 6.07) is 9.64. The summed E-state index contributed by atoms with van der Waals surface area (Å²) in [5.74, 6) is -1.09. The van der Waals surface area contributed by atoms with Crippen molar-refractivity contribution < 1.29 is 18.0 Å². The lowest BCUT2D eigenvalue weighted by Gasteiger charge is -2.11. The predicted molar refractivity (Wildman–Crippen MR) is 110 cm³/mol. The number of carbonyl (C=O) groups excluding carboxylic acids is 2. The zero-order chi connectivity index (χ0) is 21.3. The summed E-state index contributed by atoms with van der Waals surface area (Å²) in [5.41, 5.74) is 1.04. The van der Waals surface area contributed by atoms with Crippen molar-refractivity contribution in [2.75, 3.05) is 5.32 Å². The first-order valence-electron chi connectivity index (χ1n) is 8.70. The van der Waals surface area contributed by atoms with Crippen molar-refractivity contribution in [3.63, 3.8) is 0 Å². The van der Waals surface area contributed by atoms with Gasteiger partial charge in [-0.05, 0) is 23.8 Å². The number of fused-ring (bicyclic) bond motifs is 1. The van der Waals surface area contributed by atoms with E-state index in [1.54, 1.807) is 38.1 Å². The molecule has 0 radical (unpaired) electrons. The average Bonchev–Trinajstić information content (AvgIpc) is 3.05. The Balaban J connectivity index is 2.03. The third-order valence-corrected chi connectivity index (χ3v) is 5.57. The van der Waals surface area contributed by atoms with Gasteiger partial charge in [-0.2, -0.15) is 9.78 Å². The van der Waals surface area contributed by atoms with Crippen LogP contribution in [0.2, 0.25) is 5.02 Å². The summed E-state index contributed by atoms with van der Waals surface area (Å²) in [5, 5.41) is 12.6. The molecular formula is C19H19ClN4O4S. The van der Waals surface area contributed by atoms with Crippen LogP contribution in [-0.4, -0.2) is 30.0 Å². The third-order valence-electron chi connectivity index (χ3n) is 4.25. The molecule has 3 N–H and O–H groups in total. The molecule has 1 amide bonds. The molecule has 0 spiro atoms. The van der Waals surface area contributed by atoms with Crippen LogP contribution in [0, 0.1) is 5.92 Å². The number of nitrogens with one attached hydrogen (secondary N) is 1. The molecule has 0 unspecified atom stereocenters. The molecule has 152 valence electrons. The van der Waals surface area contributed by atoms with Gasteiger partial charge in [0.1, 0.15) is 0 Å². The molecule has 29 heavy (non-hydrogen) atoms. The second-order valence-corrected chi connectivity index (χ2v) is 8.75. The number of sulfonamides is 1. The van der Waals surface area contributed by atoms with Crippen LogP contribution in [0.25, 0.3) is 10.9 Å². The second kappa shape index (κ2) is 7.94. The van der Waals surface area contributed by atoms with E-state index in [-0.39, 0.29) is 39.7 Å². The zero-order valence-corrected chi connectivity index (χ0v) is 17.3. The minimum Gasteiger partial charge on any atom is -0.326 e. The van der Waals surface area contributed by atoms with Crippen LogP contribution < -0.4 is 10.5 Å². The number of hydrogen-bond donors (Lipinski definition) is 2.